The summed E-state index contributed by atoms with van der Waals surface area (Å²) in [5.41, 5.74) is 0.467. The lowest BCUT2D eigenvalue weighted by atomic mass is 10.1. The van der Waals surface area contributed by atoms with E-state index in [-0.39, 0.29) is 6.61 Å². The Balaban J connectivity index is 2.22. The summed E-state index contributed by atoms with van der Waals surface area (Å²) in [4.78, 5) is 4.28. The Kier molecular flexibility index (Phi) is 3.79. The Morgan fingerprint density at radius 3 is 2.89 bits per heavy atom. The molecule has 0 bridgehead atoms. The molecule has 0 saturated heterocycles. The number of benzene rings is 1. The van der Waals surface area contributed by atoms with Gasteiger partial charge in [-0.15, -0.1) is 0 Å². The van der Waals surface area contributed by atoms with E-state index < -0.39 is 5.54 Å². The van der Waals surface area contributed by atoms with Gasteiger partial charge >= 0.3 is 0 Å². The molecule has 1 aromatic heterocycles. The zero-order valence-electron chi connectivity index (χ0n) is 10.7. The number of likely N-dealkylation sites (N-methyl/N-ethyl adjacent to an activating group) is 1. The molecule has 0 saturated carbocycles. The molecule has 0 aliphatic heterocycles. The van der Waals surface area contributed by atoms with Crippen molar-refractivity contribution >= 4 is 10.9 Å². The molecule has 1 aromatic carbocycles. The summed E-state index contributed by atoms with van der Waals surface area (Å²) in [6.07, 6.45) is 1.76. The molecule has 96 valence electrons. The van der Waals surface area contributed by atoms with E-state index in [9.17, 15) is 5.11 Å². The first-order valence-electron chi connectivity index (χ1n) is 5.95. The number of aliphatic hydroxyl groups excluding tert-OH is 1. The Morgan fingerprint density at radius 2 is 2.17 bits per heavy atom. The number of aromatic nitrogens is 1. The van der Waals surface area contributed by atoms with Gasteiger partial charge < -0.3 is 15.2 Å². The van der Waals surface area contributed by atoms with Crippen molar-refractivity contribution in [2.24, 2.45) is 0 Å². The van der Waals surface area contributed by atoms with Gasteiger partial charge in [-0.05, 0) is 38.2 Å². The highest BCUT2D eigenvalue weighted by Crippen LogP contribution is 2.24. The number of pyridine rings is 1. The molecule has 1 unspecified atom stereocenters. The largest absolute Gasteiger partial charge is 0.491 e. The van der Waals surface area contributed by atoms with Gasteiger partial charge in [0, 0.05) is 11.6 Å². The summed E-state index contributed by atoms with van der Waals surface area (Å²) in [5, 5.41) is 13.4. The average Bonchev–Trinajstić information content (AvgIpc) is 2.44. The maximum atomic E-state index is 9.32. The molecule has 0 amide bonds. The van der Waals surface area contributed by atoms with Gasteiger partial charge in [0.05, 0.1) is 17.7 Å². The summed E-state index contributed by atoms with van der Waals surface area (Å²) >= 11 is 0. The van der Waals surface area contributed by atoms with E-state index in [1.165, 1.54) is 0 Å². The van der Waals surface area contributed by atoms with Crippen LogP contribution in [0.5, 0.6) is 5.75 Å². The molecule has 2 aromatic rings. The molecule has 0 aliphatic carbocycles. The van der Waals surface area contributed by atoms with E-state index in [1.807, 2.05) is 44.3 Å². The molecule has 0 aliphatic rings. The Hall–Kier alpha value is -1.65. The molecule has 4 nitrogen and oxygen atoms in total. The van der Waals surface area contributed by atoms with Crippen LogP contribution in [0.1, 0.15) is 6.92 Å². The van der Waals surface area contributed by atoms with Crippen LogP contribution in [0, 0.1) is 0 Å². The van der Waals surface area contributed by atoms with Crippen molar-refractivity contribution in [2.75, 3.05) is 20.3 Å². The van der Waals surface area contributed by atoms with Crippen molar-refractivity contribution < 1.29 is 9.84 Å². The fourth-order valence-corrected chi connectivity index (χ4v) is 1.63. The third-order valence-corrected chi connectivity index (χ3v) is 3.10. The Labute approximate surface area is 107 Å². The van der Waals surface area contributed by atoms with E-state index in [1.54, 1.807) is 6.20 Å². The lowest BCUT2D eigenvalue weighted by Gasteiger charge is -2.26. The van der Waals surface area contributed by atoms with Crippen LogP contribution in [-0.2, 0) is 0 Å². The summed E-state index contributed by atoms with van der Waals surface area (Å²) in [7, 11) is 1.81. The quantitative estimate of drug-likeness (QED) is 0.841. The molecule has 2 N–H and O–H groups in total. The smallest absolute Gasteiger partial charge is 0.128 e. The zero-order valence-corrected chi connectivity index (χ0v) is 10.7. The van der Waals surface area contributed by atoms with Crippen LogP contribution in [0.3, 0.4) is 0 Å². The third kappa shape index (κ3) is 2.60. The molecule has 0 radical (unpaired) electrons. The van der Waals surface area contributed by atoms with E-state index in [0.717, 1.165) is 16.7 Å². The van der Waals surface area contributed by atoms with E-state index in [4.69, 9.17) is 4.74 Å². The highest BCUT2D eigenvalue weighted by molar-refractivity contribution is 5.84. The first-order chi connectivity index (χ1) is 8.68. The topological polar surface area (TPSA) is 54.4 Å². The van der Waals surface area contributed by atoms with E-state index in [0.29, 0.717) is 6.61 Å². The number of fused-ring (bicyclic) bond motifs is 1. The molecular weight excluding hydrogens is 228 g/mol. The maximum absolute atomic E-state index is 9.32. The Morgan fingerprint density at radius 1 is 1.33 bits per heavy atom. The summed E-state index contributed by atoms with van der Waals surface area (Å²) in [6.45, 7) is 2.33. The van der Waals surface area contributed by atoms with Crippen LogP contribution < -0.4 is 10.1 Å². The van der Waals surface area contributed by atoms with Crippen LogP contribution in [0.15, 0.2) is 36.5 Å². The van der Waals surface area contributed by atoms with E-state index >= 15 is 0 Å². The van der Waals surface area contributed by atoms with Gasteiger partial charge in [-0.3, -0.25) is 4.98 Å². The number of hydrogen-bond acceptors (Lipinski definition) is 4. The normalized spacial score (nSPS) is 14.4. The molecule has 2 rings (SSSR count). The van der Waals surface area contributed by atoms with Crippen LogP contribution >= 0.6 is 0 Å². The second kappa shape index (κ2) is 5.33. The minimum absolute atomic E-state index is 0.0204. The Bertz CT molecular complexity index is 519. The number of aliphatic hydroxyl groups is 1. The third-order valence-electron chi connectivity index (χ3n) is 3.10. The minimum Gasteiger partial charge on any atom is -0.491 e. The molecule has 0 spiro atoms. The predicted octanol–water partition coefficient (Wildman–Crippen LogP) is 1.58. The molecule has 4 heteroatoms. The summed E-state index contributed by atoms with van der Waals surface area (Å²) in [5.74, 6) is 0.788. The highest BCUT2D eigenvalue weighted by atomic mass is 16.5. The number of ether oxygens (including phenoxy) is 1. The fraction of sp³-hybridized carbons (Fsp3) is 0.357. The number of nitrogens with one attached hydrogen (secondary N) is 1. The maximum Gasteiger partial charge on any atom is 0.128 e. The zero-order chi connectivity index (χ0) is 13.0. The van der Waals surface area contributed by atoms with Crippen molar-refractivity contribution in [3.05, 3.63) is 36.5 Å². The van der Waals surface area contributed by atoms with Gasteiger partial charge in [0.25, 0.3) is 0 Å². The van der Waals surface area contributed by atoms with Crippen LogP contribution in [0.25, 0.3) is 10.9 Å². The van der Waals surface area contributed by atoms with Gasteiger partial charge in [0.2, 0.25) is 0 Å². The molecule has 1 atom stereocenters. The van der Waals surface area contributed by atoms with Crippen LogP contribution in [0.2, 0.25) is 0 Å². The van der Waals surface area contributed by atoms with E-state index in [2.05, 4.69) is 10.3 Å². The van der Waals surface area contributed by atoms with Crippen molar-refractivity contribution in [2.45, 2.75) is 12.5 Å². The fourth-order valence-electron chi connectivity index (χ4n) is 1.63. The van der Waals surface area contributed by atoms with Crippen LogP contribution in [0.4, 0.5) is 0 Å². The van der Waals surface area contributed by atoms with Gasteiger partial charge in [0.1, 0.15) is 12.4 Å². The summed E-state index contributed by atoms with van der Waals surface area (Å²) < 4.78 is 5.80. The predicted molar refractivity (Wildman–Crippen MR) is 71.8 cm³/mol. The van der Waals surface area contributed by atoms with Crippen LogP contribution in [-0.4, -0.2) is 35.9 Å². The highest BCUT2D eigenvalue weighted by Gasteiger charge is 2.22. The molecular formula is C14H18N2O2. The lowest BCUT2D eigenvalue weighted by molar-refractivity contribution is 0.123. The van der Waals surface area contributed by atoms with Gasteiger partial charge in [-0.1, -0.05) is 6.07 Å². The first-order valence-corrected chi connectivity index (χ1v) is 5.95. The minimum atomic E-state index is -0.440. The van der Waals surface area contributed by atoms with Crippen molar-refractivity contribution in [1.82, 2.24) is 10.3 Å². The molecule has 18 heavy (non-hydrogen) atoms. The first kappa shape index (κ1) is 12.8. The van der Waals surface area contributed by atoms with Gasteiger partial charge in [-0.25, -0.2) is 0 Å². The SMILES string of the molecule is CNC(C)(CO)COc1cccc2ncccc12. The van der Waals surface area contributed by atoms with Crippen molar-refractivity contribution in [3.8, 4) is 5.75 Å². The summed E-state index contributed by atoms with van der Waals surface area (Å²) in [6, 6.07) is 9.65. The molecule has 1 heterocycles. The van der Waals surface area contributed by atoms with Gasteiger partial charge in [0.15, 0.2) is 0 Å². The van der Waals surface area contributed by atoms with Crippen molar-refractivity contribution in [3.63, 3.8) is 0 Å². The van der Waals surface area contributed by atoms with Crippen molar-refractivity contribution in [1.29, 1.82) is 0 Å². The monoisotopic (exact) mass is 246 g/mol. The lowest BCUT2D eigenvalue weighted by Crippen LogP contribution is -2.48. The number of nitrogens with zero attached hydrogens (tertiary/aromatic N) is 1. The number of hydrogen-bond donors (Lipinski definition) is 2. The standard InChI is InChI=1S/C14H18N2O2/c1-14(9-17,15-2)10-18-13-7-3-6-12-11(13)5-4-8-16-12/h3-8,15,17H,9-10H2,1-2H3. The second-order valence-electron chi connectivity index (χ2n) is 4.58. The van der Waals surface area contributed by atoms with Gasteiger partial charge in [-0.2, -0.15) is 0 Å². The number of rotatable bonds is 5. The average molecular weight is 246 g/mol. The second-order valence-corrected chi connectivity index (χ2v) is 4.58. The molecule has 0 fully saturated rings.